The van der Waals surface area contributed by atoms with E-state index in [1.54, 1.807) is 23.3 Å². The molecule has 2 aromatic rings. The summed E-state index contributed by atoms with van der Waals surface area (Å²) in [6.07, 6.45) is 0. The lowest BCUT2D eigenvalue weighted by Crippen LogP contribution is -2.36. The van der Waals surface area contributed by atoms with Gasteiger partial charge < -0.3 is 15.8 Å². The molecular weight excluding hydrogens is 274 g/mol. The van der Waals surface area contributed by atoms with Gasteiger partial charge in [-0.1, -0.05) is 30.3 Å². The fourth-order valence-corrected chi connectivity index (χ4v) is 2.97. The predicted octanol–water partition coefficient (Wildman–Crippen LogP) is 2.36. The molecule has 0 bridgehead atoms. The molecule has 1 atom stereocenters. The minimum Gasteiger partial charge on any atom is -0.409 e. The molecule has 0 aliphatic rings. The maximum Gasteiger partial charge on any atom is 0.255 e. The Morgan fingerprint density at radius 1 is 1.50 bits per heavy atom. The van der Waals surface area contributed by atoms with Gasteiger partial charge in [0, 0.05) is 35.0 Å². The van der Waals surface area contributed by atoms with E-state index in [1.165, 1.54) is 0 Å². The summed E-state index contributed by atoms with van der Waals surface area (Å²) in [5.74, 6) is -0.126. The van der Waals surface area contributed by atoms with Crippen LogP contribution in [0, 0.1) is 5.92 Å². The number of hydrogen-bond donors (Lipinski definition) is 2. The second-order valence-corrected chi connectivity index (χ2v) is 5.67. The molecule has 0 saturated carbocycles. The van der Waals surface area contributed by atoms with Crippen LogP contribution in [0.15, 0.2) is 34.8 Å². The number of nitrogens with two attached hydrogens (primary N) is 1. The lowest BCUT2D eigenvalue weighted by Gasteiger charge is -2.20. The maximum absolute atomic E-state index is 12.5. The number of amidine groups is 1. The summed E-state index contributed by atoms with van der Waals surface area (Å²) in [5.41, 5.74) is 6.23. The molecule has 1 amide bonds. The standard InChI is InChI=1S/C14H17N3O2S/c1-9(13(15)16-19)7-17(2)14(18)11-8-20-12-6-4-3-5-10(11)12/h3-6,8-9,19H,7H2,1-2H3,(H2,15,16). The molecule has 0 fully saturated rings. The van der Waals surface area contributed by atoms with Gasteiger partial charge in [0.2, 0.25) is 0 Å². The smallest absolute Gasteiger partial charge is 0.255 e. The average Bonchev–Trinajstić information content (AvgIpc) is 2.89. The molecule has 0 saturated heterocycles. The van der Waals surface area contributed by atoms with Gasteiger partial charge in [0.15, 0.2) is 0 Å². The van der Waals surface area contributed by atoms with Crippen LogP contribution in [0.4, 0.5) is 0 Å². The topological polar surface area (TPSA) is 78.9 Å². The molecule has 0 radical (unpaired) electrons. The van der Waals surface area contributed by atoms with E-state index in [9.17, 15) is 4.79 Å². The van der Waals surface area contributed by atoms with Gasteiger partial charge in [-0.05, 0) is 6.07 Å². The highest BCUT2D eigenvalue weighted by Crippen LogP contribution is 2.26. The Bertz CT molecular complexity index is 651. The van der Waals surface area contributed by atoms with E-state index in [1.807, 2.05) is 36.6 Å². The summed E-state index contributed by atoms with van der Waals surface area (Å²) in [7, 11) is 1.72. The van der Waals surface area contributed by atoms with E-state index in [0.29, 0.717) is 12.1 Å². The van der Waals surface area contributed by atoms with Crippen molar-refractivity contribution < 1.29 is 10.0 Å². The van der Waals surface area contributed by atoms with Crippen LogP contribution in [0.3, 0.4) is 0 Å². The number of benzene rings is 1. The second-order valence-electron chi connectivity index (χ2n) is 4.76. The molecule has 6 heteroatoms. The van der Waals surface area contributed by atoms with E-state index < -0.39 is 0 Å². The Morgan fingerprint density at radius 3 is 2.90 bits per heavy atom. The average molecular weight is 291 g/mol. The molecule has 3 N–H and O–H groups in total. The van der Waals surface area contributed by atoms with Crippen molar-refractivity contribution in [3.05, 3.63) is 35.2 Å². The van der Waals surface area contributed by atoms with E-state index in [0.717, 1.165) is 10.1 Å². The quantitative estimate of drug-likeness (QED) is 0.393. The summed E-state index contributed by atoms with van der Waals surface area (Å²) in [5, 5.41) is 14.5. The number of rotatable bonds is 4. The van der Waals surface area contributed by atoms with Crippen molar-refractivity contribution in [2.45, 2.75) is 6.92 Å². The Morgan fingerprint density at radius 2 is 2.20 bits per heavy atom. The van der Waals surface area contributed by atoms with Gasteiger partial charge in [-0.25, -0.2) is 0 Å². The van der Waals surface area contributed by atoms with E-state index in [2.05, 4.69) is 5.16 Å². The van der Waals surface area contributed by atoms with E-state index >= 15 is 0 Å². The second kappa shape index (κ2) is 5.92. The lowest BCUT2D eigenvalue weighted by molar-refractivity contribution is 0.0788. The molecule has 1 aromatic carbocycles. The van der Waals surface area contributed by atoms with Crippen LogP contribution in [-0.2, 0) is 0 Å². The first kappa shape index (κ1) is 14.3. The number of carbonyl (C=O) groups excluding carboxylic acids is 1. The van der Waals surface area contributed by atoms with Crippen LogP contribution >= 0.6 is 11.3 Å². The Kier molecular flexibility index (Phi) is 4.24. The first-order valence-electron chi connectivity index (χ1n) is 6.23. The number of carbonyl (C=O) groups is 1. The van der Waals surface area contributed by atoms with Gasteiger partial charge in [-0.2, -0.15) is 0 Å². The van der Waals surface area contributed by atoms with Crippen molar-refractivity contribution in [2.24, 2.45) is 16.8 Å². The van der Waals surface area contributed by atoms with Gasteiger partial charge in [0.05, 0.1) is 5.56 Å². The van der Waals surface area contributed by atoms with Crippen LogP contribution < -0.4 is 5.73 Å². The molecular formula is C14H17N3O2S. The van der Waals surface area contributed by atoms with Crippen molar-refractivity contribution in [3.8, 4) is 0 Å². The largest absolute Gasteiger partial charge is 0.409 e. The summed E-state index contributed by atoms with van der Waals surface area (Å²) in [4.78, 5) is 14.1. The van der Waals surface area contributed by atoms with Crippen molar-refractivity contribution in [3.63, 3.8) is 0 Å². The molecule has 106 valence electrons. The predicted molar refractivity (Wildman–Crippen MR) is 81.4 cm³/mol. The molecule has 0 aliphatic carbocycles. The third kappa shape index (κ3) is 2.75. The van der Waals surface area contributed by atoms with E-state index in [4.69, 9.17) is 10.9 Å². The Balaban J connectivity index is 2.19. The fraction of sp³-hybridized carbons (Fsp3) is 0.286. The highest BCUT2D eigenvalue weighted by molar-refractivity contribution is 7.17. The van der Waals surface area contributed by atoms with Crippen molar-refractivity contribution in [2.75, 3.05) is 13.6 Å². The minimum atomic E-state index is -0.196. The minimum absolute atomic E-state index is 0.0555. The number of thiophene rings is 1. The van der Waals surface area contributed by atoms with Crippen LogP contribution in [-0.4, -0.2) is 35.4 Å². The molecule has 1 heterocycles. The first-order chi connectivity index (χ1) is 9.54. The number of oxime groups is 1. The monoisotopic (exact) mass is 291 g/mol. The Labute approximate surface area is 121 Å². The summed E-state index contributed by atoms with van der Waals surface area (Å²) in [6, 6.07) is 7.82. The zero-order valence-electron chi connectivity index (χ0n) is 11.4. The van der Waals surface area contributed by atoms with E-state index in [-0.39, 0.29) is 17.7 Å². The molecule has 0 spiro atoms. The fourth-order valence-electron chi connectivity index (χ4n) is 2.03. The van der Waals surface area contributed by atoms with Crippen molar-refractivity contribution in [1.82, 2.24) is 4.90 Å². The summed E-state index contributed by atoms with van der Waals surface area (Å²) >= 11 is 1.55. The number of hydrogen-bond acceptors (Lipinski definition) is 4. The third-order valence-electron chi connectivity index (χ3n) is 3.23. The molecule has 20 heavy (non-hydrogen) atoms. The van der Waals surface area contributed by atoms with Crippen LogP contribution in [0.1, 0.15) is 17.3 Å². The number of amides is 1. The summed E-state index contributed by atoms with van der Waals surface area (Å²) < 4.78 is 1.09. The van der Waals surface area contributed by atoms with Crippen LogP contribution in [0.25, 0.3) is 10.1 Å². The third-order valence-corrected chi connectivity index (χ3v) is 4.19. The van der Waals surface area contributed by atoms with Gasteiger partial charge in [-0.3, -0.25) is 4.79 Å². The van der Waals surface area contributed by atoms with Crippen molar-refractivity contribution in [1.29, 1.82) is 0 Å². The SMILES string of the molecule is CC(CN(C)C(=O)c1csc2ccccc12)C(N)=NO. The Hall–Kier alpha value is -2.08. The zero-order chi connectivity index (χ0) is 14.7. The molecule has 2 rings (SSSR count). The highest BCUT2D eigenvalue weighted by atomic mass is 32.1. The number of nitrogens with zero attached hydrogens (tertiary/aromatic N) is 2. The van der Waals surface area contributed by atoms with Crippen LogP contribution in [0.5, 0.6) is 0 Å². The van der Waals surface area contributed by atoms with Crippen LogP contribution in [0.2, 0.25) is 0 Å². The lowest BCUT2D eigenvalue weighted by atomic mass is 10.1. The van der Waals surface area contributed by atoms with Crippen molar-refractivity contribution >= 4 is 33.2 Å². The molecule has 0 aliphatic heterocycles. The van der Waals surface area contributed by atoms with Gasteiger partial charge in [0.25, 0.3) is 5.91 Å². The maximum atomic E-state index is 12.5. The normalized spacial score (nSPS) is 13.4. The van der Waals surface area contributed by atoms with Gasteiger partial charge >= 0.3 is 0 Å². The first-order valence-corrected chi connectivity index (χ1v) is 7.11. The van der Waals surface area contributed by atoms with Gasteiger partial charge in [0.1, 0.15) is 5.84 Å². The van der Waals surface area contributed by atoms with Gasteiger partial charge in [-0.15, -0.1) is 11.3 Å². The summed E-state index contributed by atoms with van der Waals surface area (Å²) in [6.45, 7) is 2.21. The zero-order valence-corrected chi connectivity index (χ0v) is 12.2. The molecule has 5 nitrogen and oxygen atoms in total. The highest BCUT2D eigenvalue weighted by Gasteiger charge is 2.19. The molecule has 1 aromatic heterocycles. The number of fused-ring (bicyclic) bond motifs is 1. The molecule has 1 unspecified atom stereocenters.